The molecular formula is C29H44O4Si. The Bertz CT molecular complexity index is 861. The highest BCUT2D eigenvalue weighted by molar-refractivity contribution is 6.73. The van der Waals surface area contributed by atoms with Gasteiger partial charge in [-0.1, -0.05) is 57.9 Å². The van der Waals surface area contributed by atoms with E-state index in [0.29, 0.717) is 24.9 Å². The number of ether oxygens (including phenoxy) is 2. The molecule has 0 aromatic carbocycles. The molecule has 5 unspecified atom stereocenters. The van der Waals surface area contributed by atoms with Crippen molar-refractivity contribution in [2.24, 2.45) is 23.2 Å². The van der Waals surface area contributed by atoms with Crippen LogP contribution in [-0.2, 0) is 18.7 Å². The number of unbranched alkanes of at least 4 members (excludes halogenated alkanes) is 3. The van der Waals surface area contributed by atoms with Crippen LogP contribution in [0.5, 0.6) is 0 Å². The van der Waals surface area contributed by atoms with Crippen molar-refractivity contribution in [3.05, 3.63) is 48.3 Å². The van der Waals surface area contributed by atoms with Gasteiger partial charge >= 0.3 is 5.97 Å². The predicted octanol–water partition coefficient (Wildman–Crippen LogP) is 7.46. The molecule has 0 saturated carbocycles. The zero-order valence-corrected chi connectivity index (χ0v) is 22.7. The quantitative estimate of drug-likeness (QED) is 0.125. The second kappa shape index (κ2) is 10.2. The minimum atomic E-state index is -1.90. The van der Waals surface area contributed by atoms with Gasteiger partial charge in [-0.3, -0.25) is 4.79 Å². The Morgan fingerprint density at radius 1 is 1.21 bits per heavy atom. The molecule has 0 aromatic rings. The largest absolute Gasteiger partial charge is 0.546 e. The molecule has 4 nitrogen and oxygen atoms in total. The first-order valence-electron chi connectivity index (χ1n) is 13.7. The summed E-state index contributed by atoms with van der Waals surface area (Å²) in [6.07, 6.45) is 18.3. The van der Waals surface area contributed by atoms with E-state index >= 15 is 0 Å². The summed E-state index contributed by atoms with van der Waals surface area (Å²) < 4.78 is 19.8. The highest BCUT2D eigenvalue weighted by Gasteiger charge is 2.70. The van der Waals surface area contributed by atoms with Crippen molar-refractivity contribution in [1.29, 1.82) is 0 Å². The van der Waals surface area contributed by atoms with Crippen LogP contribution < -0.4 is 0 Å². The van der Waals surface area contributed by atoms with Crippen LogP contribution in [0, 0.1) is 23.2 Å². The van der Waals surface area contributed by atoms with E-state index in [0.717, 1.165) is 48.7 Å². The van der Waals surface area contributed by atoms with Crippen LogP contribution in [0.1, 0.15) is 72.6 Å². The molecule has 0 amide bonds. The first-order chi connectivity index (χ1) is 16.5. The number of carbonyl (C=O) groups excluding carboxylic acids is 1. The first kappa shape index (κ1) is 25.5. The maximum atomic E-state index is 13.3. The van der Waals surface area contributed by atoms with Crippen LogP contribution in [0.15, 0.2) is 48.3 Å². The maximum absolute atomic E-state index is 13.3. The van der Waals surface area contributed by atoms with E-state index in [2.05, 4.69) is 58.6 Å². The Kier molecular flexibility index (Phi) is 7.63. The van der Waals surface area contributed by atoms with Crippen LogP contribution in [0.25, 0.3) is 0 Å². The second-order valence-electron chi connectivity index (χ2n) is 10.6. The molecule has 4 rings (SSSR count). The van der Waals surface area contributed by atoms with E-state index < -0.39 is 19.5 Å². The number of allylic oxidation sites excluding steroid dienone is 4. The van der Waals surface area contributed by atoms with Gasteiger partial charge in [-0.2, -0.15) is 0 Å². The van der Waals surface area contributed by atoms with Gasteiger partial charge in [0.2, 0.25) is 14.1 Å². The highest BCUT2D eigenvalue weighted by atomic mass is 28.4. The molecule has 0 N–H and O–H groups in total. The van der Waals surface area contributed by atoms with Crippen molar-refractivity contribution in [2.75, 3.05) is 6.61 Å². The molecule has 2 aliphatic carbocycles. The molecule has 1 spiro atoms. The summed E-state index contributed by atoms with van der Waals surface area (Å²) >= 11 is 0. The zero-order valence-electron chi connectivity index (χ0n) is 21.7. The topological polar surface area (TPSA) is 44.8 Å². The maximum Gasteiger partial charge on any atom is 0.323 e. The fourth-order valence-electron chi connectivity index (χ4n) is 6.85. The summed E-state index contributed by atoms with van der Waals surface area (Å²) in [5.74, 6) is 0.586. The molecule has 2 saturated heterocycles. The van der Waals surface area contributed by atoms with Crippen LogP contribution in [0.2, 0.25) is 18.1 Å². The van der Waals surface area contributed by atoms with Crippen molar-refractivity contribution < 1.29 is 18.7 Å². The number of esters is 1. The second-order valence-corrected chi connectivity index (χ2v) is 15.3. The van der Waals surface area contributed by atoms with Gasteiger partial charge in [-0.05, 0) is 75.1 Å². The Labute approximate surface area is 207 Å². The summed E-state index contributed by atoms with van der Waals surface area (Å²) in [6, 6.07) is 3.27. The monoisotopic (exact) mass is 484 g/mol. The molecule has 34 heavy (non-hydrogen) atoms. The lowest BCUT2D eigenvalue weighted by atomic mass is 9.62. The van der Waals surface area contributed by atoms with Gasteiger partial charge < -0.3 is 13.9 Å². The molecule has 188 valence electrons. The van der Waals surface area contributed by atoms with Crippen molar-refractivity contribution >= 4 is 14.3 Å². The third kappa shape index (κ3) is 3.97. The molecule has 5 heteroatoms. The third-order valence-corrected chi connectivity index (χ3v) is 13.7. The lowest BCUT2D eigenvalue weighted by Gasteiger charge is -2.51. The summed E-state index contributed by atoms with van der Waals surface area (Å²) in [4.78, 5) is 13.3. The smallest absolute Gasteiger partial charge is 0.323 e. The Morgan fingerprint density at radius 3 is 2.65 bits per heavy atom. The Morgan fingerprint density at radius 2 is 1.97 bits per heavy atom. The average Bonchev–Trinajstić information content (AvgIpc) is 3.03. The van der Waals surface area contributed by atoms with Gasteiger partial charge in [-0.25, -0.2) is 0 Å². The van der Waals surface area contributed by atoms with Crippen molar-refractivity contribution in [2.45, 2.75) is 96.6 Å². The highest BCUT2D eigenvalue weighted by Crippen LogP contribution is 2.64. The average molecular weight is 485 g/mol. The van der Waals surface area contributed by atoms with Gasteiger partial charge in [0, 0.05) is 5.57 Å². The van der Waals surface area contributed by atoms with Crippen LogP contribution >= 0.6 is 0 Å². The van der Waals surface area contributed by atoms with Crippen molar-refractivity contribution in [3.63, 3.8) is 0 Å². The summed E-state index contributed by atoms with van der Waals surface area (Å²) in [6.45, 7) is 13.6. The van der Waals surface area contributed by atoms with E-state index in [1.54, 1.807) is 0 Å². The Balaban J connectivity index is 1.71. The molecule has 5 bridgehead atoms. The lowest BCUT2D eigenvalue weighted by Crippen LogP contribution is -2.56. The number of hydrogen-bond donors (Lipinski definition) is 0. The van der Waals surface area contributed by atoms with Crippen molar-refractivity contribution in [1.82, 2.24) is 0 Å². The Hall–Kier alpha value is -1.59. The van der Waals surface area contributed by atoms with E-state index in [1.807, 2.05) is 6.08 Å². The third-order valence-electron chi connectivity index (χ3n) is 9.19. The van der Waals surface area contributed by atoms with Crippen LogP contribution in [-0.4, -0.2) is 26.7 Å². The SMILES string of the molecule is C=CC12CC=C(O[Si](CC)(CC)CC)C3C4CCOC3(OC1=O)C2=CC4CCCCC/C=C/C. The van der Waals surface area contributed by atoms with Gasteiger partial charge in [-0.15, -0.1) is 6.58 Å². The zero-order chi connectivity index (χ0) is 24.4. The molecule has 5 atom stereocenters. The number of hydrogen-bond acceptors (Lipinski definition) is 4. The number of carbonyl (C=O) groups is 1. The first-order valence-corrected chi connectivity index (χ1v) is 16.2. The fourth-order valence-corrected chi connectivity index (χ4v) is 9.50. The van der Waals surface area contributed by atoms with Gasteiger partial charge in [0.15, 0.2) is 0 Å². The van der Waals surface area contributed by atoms with Gasteiger partial charge in [0.25, 0.3) is 0 Å². The summed E-state index contributed by atoms with van der Waals surface area (Å²) in [7, 11) is -1.90. The fraction of sp³-hybridized carbons (Fsp3) is 0.690. The normalized spacial score (nSPS) is 34.4. The molecule has 4 aliphatic rings. The molecular weight excluding hydrogens is 440 g/mol. The predicted molar refractivity (Wildman–Crippen MR) is 139 cm³/mol. The van der Waals surface area contributed by atoms with E-state index in [1.165, 1.54) is 19.3 Å². The standard InChI is InChI=1S/C29H44O4Si/c1-6-11-12-13-14-15-16-22-21-25-28(7-2)19-17-24(33-34(8-3,9-4)10-5)26-23(22)18-20-31-29(25,26)32-27(28)30/h6-7,11,17,21-23,26H,2,8-10,12-16,18-20H2,1,3-5H3/b11-6+. The molecule has 2 aliphatic heterocycles. The molecule has 2 heterocycles. The van der Waals surface area contributed by atoms with Gasteiger partial charge in [0.1, 0.15) is 5.41 Å². The van der Waals surface area contributed by atoms with Crippen molar-refractivity contribution in [3.8, 4) is 0 Å². The van der Waals surface area contributed by atoms with Crippen LogP contribution in [0.4, 0.5) is 0 Å². The van der Waals surface area contributed by atoms with E-state index in [4.69, 9.17) is 13.9 Å². The molecule has 2 fully saturated rings. The minimum Gasteiger partial charge on any atom is -0.546 e. The van der Waals surface area contributed by atoms with E-state index in [9.17, 15) is 4.79 Å². The minimum absolute atomic E-state index is 0.0425. The molecule has 0 radical (unpaired) electrons. The number of rotatable bonds is 12. The lowest BCUT2D eigenvalue weighted by molar-refractivity contribution is -0.253. The molecule has 0 aromatic heterocycles. The van der Waals surface area contributed by atoms with E-state index in [-0.39, 0.29) is 11.9 Å². The summed E-state index contributed by atoms with van der Waals surface area (Å²) in [5.41, 5.74) is 0.177. The van der Waals surface area contributed by atoms with Gasteiger partial charge in [0.05, 0.1) is 18.3 Å². The van der Waals surface area contributed by atoms with Crippen LogP contribution in [0.3, 0.4) is 0 Å². The summed E-state index contributed by atoms with van der Waals surface area (Å²) in [5, 5.41) is 0.